The maximum atomic E-state index is 12.9. The van der Waals surface area contributed by atoms with Crippen LogP contribution in [0.25, 0.3) is 0 Å². The SMILES string of the molecule is COc1ccc(C(=O)C2CCc3ccccc32)c(OC)c1. The van der Waals surface area contributed by atoms with E-state index in [4.69, 9.17) is 9.47 Å². The Morgan fingerprint density at radius 2 is 1.90 bits per heavy atom. The molecule has 2 aromatic carbocycles. The van der Waals surface area contributed by atoms with Gasteiger partial charge in [0, 0.05) is 12.0 Å². The molecule has 0 fully saturated rings. The molecule has 0 bridgehead atoms. The Kier molecular flexibility index (Phi) is 3.65. The number of hydrogen-bond donors (Lipinski definition) is 0. The quantitative estimate of drug-likeness (QED) is 0.803. The number of Topliss-reactive ketones (excluding diaryl/α,β-unsaturated/α-hetero) is 1. The highest BCUT2D eigenvalue weighted by molar-refractivity contribution is 6.03. The van der Waals surface area contributed by atoms with E-state index in [1.54, 1.807) is 32.4 Å². The second kappa shape index (κ2) is 5.60. The number of benzene rings is 2. The van der Waals surface area contributed by atoms with Crippen LogP contribution in [0.15, 0.2) is 42.5 Å². The third kappa shape index (κ3) is 2.40. The van der Waals surface area contributed by atoms with Gasteiger partial charge in [0.05, 0.1) is 19.8 Å². The van der Waals surface area contributed by atoms with Crippen LogP contribution in [0.1, 0.15) is 33.8 Å². The minimum atomic E-state index is -0.0662. The van der Waals surface area contributed by atoms with Gasteiger partial charge in [-0.2, -0.15) is 0 Å². The van der Waals surface area contributed by atoms with Crippen LogP contribution < -0.4 is 9.47 Å². The molecular formula is C18H18O3. The average Bonchev–Trinajstić information content (AvgIpc) is 2.97. The number of rotatable bonds is 4. The van der Waals surface area contributed by atoms with Gasteiger partial charge >= 0.3 is 0 Å². The van der Waals surface area contributed by atoms with Gasteiger partial charge in [-0.3, -0.25) is 4.79 Å². The van der Waals surface area contributed by atoms with Crippen molar-refractivity contribution in [1.82, 2.24) is 0 Å². The van der Waals surface area contributed by atoms with E-state index in [0.717, 1.165) is 18.4 Å². The molecule has 0 spiro atoms. The lowest BCUT2D eigenvalue weighted by Gasteiger charge is -2.14. The smallest absolute Gasteiger partial charge is 0.174 e. The summed E-state index contributed by atoms with van der Waals surface area (Å²) in [5.41, 5.74) is 3.06. The van der Waals surface area contributed by atoms with Gasteiger partial charge in [0.25, 0.3) is 0 Å². The van der Waals surface area contributed by atoms with Crippen molar-refractivity contribution in [3.8, 4) is 11.5 Å². The zero-order valence-electron chi connectivity index (χ0n) is 12.3. The normalized spacial score (nSPS) is 16.4. The minimum absolute atomic E-state index is 0.0662. The van der Waals surface area contributed by atoms with Gasteiger partial charge in [-0.25, -0.2) is 0 Å². The van der Waals surface area contributed by atoms with Crippen molar-refractivity contribution in [3.05, 3.63) is 59.2 Å². The Labute approximate surface area is 124 Å². The van der Waals surface area contributed by atoms with Crippen LogP contribution in [0.2, 0.25) is 0 Å². The highest BCUT2D eigenvalue weighted by atomic mass is 16.5. The number of ketones is 1. The molecule has 0 heterocycles. The Morgan fingerprint density at radius 3 is 2.67 bits per heavy atom. The van der Waals surface area contributed by atoms with E-state index in [-0.39, 0.29) is 11.7 Å². The van der Waals surface area contributed by atoms with E-state index >= 15 is 0 Å². The largest absolute Gasteiger partial charge is 0.497 e. The number of hydrogen-bond acceptors (Lipinski definition) is 3. The highest BCUT2D eigenvalue weighted by Gasteiger charge is 2.30. The Morgan fingerprint density at radius 1 is 1.10 bits per heavy atom. The molecule has 2 aromatic rings. The molecule has 1 aliphatic rings. The van der Waals surface area contributed by atoms with Gasteiger partial charge in [-0.05, 0) is 36.1 Å². The van der Waals surface area contributed by atoms with Crippen molar-refractivity contribution in [2.75, 3.05) is 14.2 Å². The van der Waals surface area contributed by atoms with Gasteiger partial charge in [-0.15, -0.1) is 0 Å². The van der Waals surface area contributed by atoms with Gasteiger partial charge < -0.3 is 9.47 Å². The van der Waals surface area contributed by atoms with E-state index in [1.165, 1.54) is 5.56 Å². The first-order chi connectivity index (χ1) is 10.2. The van der Waals surface area contributed by atoms with Crippen LogP contribution in [0, 0.1) is 0 Å². The molecule has 1 unspecified atom stereocenters. The summed E-state index contributed by atoms with van der Waals surface area (Å²) in [5, 5.41) is 0. The van der Waals surface area contributed by atoms with E-state index in [9.17, 15) is 4.79 Å². The summed E-state index contributed by atoms with van der Waals surface area (Å²) in [6.07, 6.45) is 1.83. The topological polar surface area (TPSA) is 35.5 Å². The number of aryl methyl sites for hydroxylation is 1. The average molecular weight is 282 g/mol. The molecule has 3 rings (SSSR count). The van der Waals surface area contributed by atoms with Crippen molar-refractivity contribution < 1.29 is 14.3 Å². The van der Waals surface area contributed by atoms with Crippen molar-refractivity contribution in [3.63, 3.8) is 0 Å². The summed E-state index contributed by atoms with van der Waals surface area (Å²) in [6, 6.07) is 13.5. The van der Waals surface area contributed by atoms with Crippen LogP contribution in [-0.4, -0.2) is 20.0 Å². The fourth-order valence-electron chi connectivity index (χ4n) is 3.02. The number of carbonyl (C=O) groups is 1. The van der Waals surface area contributed by atoms with Gasteiger partial charge in [0.2, 0.25) is 0 Å². The molecule has 1 atom stereocenters. The summed E-state index contributed by atoms with van der Waals surface area (Å²) >= 11 is 0. The summed E-state index contributed by atoms with van der Waals surface area (Å²) in [7, 11) is 3.18. The predicted molar refractivity (Wildman–Crippen MR) is 81.4 cm³/mol. The molecular weight excluding hydrogens is 264 g/mol. The summed E-state index contributed by atoms with van der Waals surface area (Å²) in [5.74, 6) is 1.32. The van der Waals surface area contributed by atoms with E-state index in [2.05, 4.69) is 12.1 Å². The molecule has 3 heteroatoms. The molecule has 1 aliphatic carbocycles. The summed E-state index contributed by atoms with van der Waals surface area (Å²) < 4.78 is 10.5. The first kappa shape index (κ1) is 13.7. The van der Waals surface area contributed by atoms with E-state index < -0.39 is 0 Å². The number of methoxy groups -OCH3 is 2. The van der Waals surface area contributed by atoms with Gasteiger partial charge in [0.15, 0.2) is 5.78 Å². The molecule has 0 saturated heterocycles. The Hall–Kier alpha value is -2.29. The first-order valence-electron chi connectivity index (χ1n) is 7.08. The van der Waals surface area contributed by atoms with Crippen LogP contribution in [0.5, 0.6) is 11.5 Å². The maximum Gasteiger partial charge on any atom is 0.174 e. The summed E-state index contributed by atoms with van der Waals surface area (Å²) in [4.78, 5) is 12.9. The van der Waals surface area contributed by atoms with Crippen molar-refractivity contribution in [1.29, 1.82) is 0 Å². The van der Waals surface area contributed by atoms with Crippen LogP contribution >= 0.6 is 0 Å². The van der Waals surface area contributed by atoms with E-state index in [1.807, 2.05) is 12.1 Å². The lowest BCUT2D eigenvalue weighted by molar-refractivity contribution is 0.0956. The minimum Gasteiger partial charge on any atom is -0.497 e. The Bertz CT molecular complexity index is 676. The zero-order chi connectivity index (χ0) is 14.8. The molecule has 108 valence electrons. The monoisotopic (exact) mass is 282 g/mol. The number of ether oxygens (including phenoxy) is 2. The third-order valence-electron chi connectivity index (χ3n) is 4.12. The van der Waals surface area contributed by atoms with Crippen LogP contribution in [0.3, 0.4) is 0 Å². The number of fused-ring (bicyclic) bond motifs is 1. The molecule has 0 aromatic heterocycles. The predicted octanol–water partition coefficient (Wildman–Crippen LogP) is 3.62. The molecule has 0 amide bonds. The second-order valence-corrected chi connectivity index (χ2v) is 5.22. The molecule has 21 heavy (non-hydrogen) atoms. The molecule has 3 nitrogen and oxygen atoms in total. The molecule has 0 radical (unpaired) electrons. The van der Waals surface area contributed by atoms with Gasteiger partial charge in [0.1, 0.15) is 11.5 Å². The lowest BCUT2D eigenvalue weighted by atomic mass is 9.91. The lowest BCUT2D eigenvalue weighted by Crippen LogP contribution is -2.11. The van der Waals surface area contributed by atoms with E-state index in [0.29, 0.717) is 17.1 Å². The van der Waals surface area contributed by atoms with Crippen molar-refractivity contribution >= 4 is 5.78 Å². The molecule has 0 N–H and O–H groups in total. The fraction of sp³-hybridized carbons (Fsp3) is 0.278. The van der Waals surface area contributed by atoms with Crippen LogP contribution in [0.4, 0.5) is 0 Å². The fourth-order valence-corrected chi connectivity index (χ4v) is 3.02. The number of carbonyl (C=O) groups excluding carboxylic acids is 1. The Balaban J connectivity index is 1.97. The first-order valence-corrected chi connectivity index (χ1v) is 7.08. The van der Waals surface area contributed by atoms with Gasteiger partial charge in [-0.1, -0.05) is 24.3 Å². The maximum absolute atomic E-state index is 12.9. The zero-order valence-corrected chi connectivity index (χ0v) is 12.3. The summed E-state index contributed by atoms with van der Waals surface area (Å²) in [6.45, 7) is 0. The standard InChI is InChI=1S/C18H18O3/c1-20-13-8-10-16(17(11-13)21-2)18(19)15-9-7-12-5-3-4-6-14(12)15/h3-6,8,10-11,15H,7,9H2,1-2H3. The third-order valence-corrected chi connectivity index (χ3v) is 4.12. The van der Waals surface area contributed by atoms with Crippen molar-refractivity contribution in [2.45, 2.75) is 18.8 Å². The molecule has 0 aliphatic heterocycles. The van der Waals surface area contributed by atoms with Crippen LogP contribution in [-0.2, 0) is 6.42 Å². The highest BCUT2D eigenvalue weighted by Crippen LogP contribution is 2.37. The second-order valence-electron chi connectivity index (χ2n) is 5.22. The van der Waals surface area contributed by atoms with Crippen molar-refractivity contribution in [2.24, 2.45) is 0 Å². The molecule has 0 saturated carbocycles.